The maximum atomic E-state index is 14.7. The SMILES string of the molecule is C#Cc1ccc(C(C(=O)NC(Cc2ccccc2)C(=O)OC(C)(C)C)N(C(=O)C(Cc2ccc(O)cc2)NC(=O)OC(C)(C)C)C(C)C)cc1. The number of carbonyl (C=O) groups excluding carboxylic acids is 4. The number of phenols is 1. The van der Waals surface area contributed by atoms with E-state index in [1.165, 1.54) is 17.0 Å². The predicted molar refractivity (Wildman–Crippen MR) is 192 cm³/mol. The van der Waals surface area contributed by atoms with Crippen LogP contribution in [0.1, 0.15) is 83.7 Å². The zero-order chi connectivity index (χ0) is 37.2. The number of amides is 3. The average Bonchev–Trinajstić information content (AvgIpc) is 3.02. The van der Waals surface area contributed by atoms with E-state index in [4.69, 9.17) is 15.9 Å². The summed E-state index contributed by atoms with van der Waals surface area (Å²) in [6, 6.07) is 18.1. The Labute approximate surface area is 295 Å². The van der Waals surface area contributed by atoms with E-state index in [1.807, 2.05) is 30.3 Å². The zero-order valence-corrected chi connectivity index (χ0v) is 30.2. The Morgan fingerprint density at radius 3 is 1.82 bits per heavy atom. The molecule has 3 aromatic carbocycles. The highest BCUT2D eigenvalue weighted by Crippen LogP contribution is 2.27. The Kier molecular flexibility index (Phi) is 13.2. The van der Waals surface area contributed by atoms with Crippen molar-refractivity contribution in [3.8, 4) is 18.1 Å². The zero-order valence-electron chi connectivity index (χ0n) is 30.2. The Hall–Kier alpha value is -5.30. The number of nitrogens with one attached hydrogen (secondary N) is 2. The minimum atomic E-state index is -1.25. The summed E-state index contributed by atoms with van der Waals surface area (Å²) in [6.07, 6.45) is 4.97. The fourth-order valence-corrected chi connectivity index (χ4v) is 5.24. The molecule has 10 heteroatoms. The molecule has 3 aromatic rings. The minimum Gasteiger partial charge on any atom is -0.508 e. The van der Waals surface area contributed by atoms with Gasteiger partial charge >= 0.3 is 12.1 Å². The first-order valence-electron chi connectivity index (χ1n) is 16.6. The molecule has 3 unspecified atom stereocenters. The summed E-state index contributed by atoms with van der Waals surface area (Å²) in [5.74, 6) is 0.772. The van der Waals surface area contributed by atoms with E-state index < -0.39 is 59.2 Å². The highest BCUT2D eigenvalue weighted by molar-refractivity contribution is 5.94. The molecule has 0 fully saturated rings. The molecule has 0 aromatic heterocycles. The molecule has 266 valence electrons. The molecule has 0 aliphatic rings. The van der Waals surface area contributed by atoms with Gasteiger partial charge < -0.3 is 30.1 Å². The minimum absolute atomic E-state index is 0.0283. The number of aromatic hydroxyl groups is 1. The predicted octanol–water partition coefficient (Wildman–Crippen LogP) is 5.86. The lowest BCUT2D eigenvalue weighted by Crippen LogP contribution is -2.57. The van der Waals surface area contributed by atoms with Crippen LogP contribution >= 0.6 is 0 Å². The van der Waals surface area contributed by atoms with Crippen LogP contribution in [-0.4, -0.2) is 63.2 Å². The maximum absolute atomic E-state index is 14.7. The molecule has 0 heterocycles. The summed E-state index contributed by atoms with van der Waals surface area (Å²) in [7, 11) is 0. The number of benzene rings is 3. The molecule has 0 saturated carbocycles. The molecule has 3 rings (SSSR count). The first-order chi connectivity index (χ1) is 23.4. The Bertz CT molecular complexity index is 1650. The third kappa shape index (κ3) is 12.0. The Balaban J connectivity index is 2.11. The van der Waals surface area contributed by atoms with Crippen LogP contribution in [0.5, 0.6) is 5.75 Å². The van der Waals surface area contributed by atoms with Gasteiger partial charge in [0.2, 0.25) is 11.8 Å². The quantitative estimate of drug-likeness (QED) is 0.161. The van der Waals surface area contributed by atoms with Gasteiger partial charge in [-0.3, -0.25) is 9.59 Å². The number of ether oxygens (including phenoxy) is 2. The number of phenolic OH excluding ortho intramolecular Hbond substituents is 1. The smallest absolute Gasteiger partial charge is 0.408 e. The number of carbonyl (C=O) groups is 4. The molecule has 0 spiro atoms. The van der Waals surface area contributed by atoms with Crippen LogP contribution in [-0.2, 0) is 36.7 Å². The topological polar surface area (TPSA) is 134 Å². The van der Waals surface area contributed by atoms with Crippen molar-refractivity contribution in [2.24, 2.45) is 0 Å². The van der Waals surface area contributed by atoms with Crippen LogP contribution in [0.2, 0.25) is 0 Å². The molecular formula is C40H49N3O7. The lowest BCUT2D eigenvalue weighted by Gasteiger charge is -2.38. The van der Waals surface area contributed by atoms with Crippen LogP contribution < -0.4 is 10.6 Å². The van der Waals surface area contributed by atoms with Crippen molar-refractivity contribution in [1.82, 2.24) is 15.5 Å². The largest absolute Gasteiger partial charge is 0.508 e. The van der Waals surface area contributed by atoms with Gasteiger partial charge in [0.25, 0.3) is 0 Å². The standard InChI is InChI=1S/C40H49N3O7/c1-10-27-16-20-30(21-17-27)34(35(45)41-33(37(47)49-39(4,5)6)25-28-14-12-11-13-15-28)43(26(2)3)36(46)32(42-38(48)50-40(7,8)9)24-29-18-22-31(44)23-19-29/h1,11-23,26,32-34,44H,24-25H2,2-9H3,(H,41,45)(H,42,48). The summed E-state index contributed by atoms with van der Waals surface area (Å²) >= 11 is 0. The number of esters is 1. The van der Waals surface area contributed by atoms with Crippen LogP contribution in [0.15, 0.2) is 78.9 Å². The maximum Gasteiger partial charge on any atom is 0.408 e. The number of nitrogens with zero attached hydrogens (tertiary/aromatic N) is 1. The van der Waals surface area contributed by atoms with E-state index in [1.54, 1.807) is 91.8 Å². The van der Waals surface area contributed by atoms with Crippen LogP contribution in [0.4, 0.5) is 4.79 Å². The van der Waals surface area contributed by atoms with Crippen molar-refractivity contribution < 1.29 is 33.8 Å². The van der Waals surface area contributed by atoms with Crippen molar-refractivity contribution in [2.75, 3.05) is 0 Å². The molecule has 3 N–H and O–H groups in total. The molecule has 0 aliphatic carbocycles. The molecule has 0 aliphatic heterocycles. The summed E-state index contributed by atoms with van der Waals surface area (Å²) in [5.41, 5.74) is 0.786. The fraction of sp³-hybridized carbons (Fsp3) is 0.400. The van der Waals surface area contributed by atoms with Crippen molar-refractivity contribution in [3.63, 3.8) is 0 Å². The van der Waals surface area contributed by atoms with E-state index in [0.29, 0.717) is 16.7 Å². The van der Waals surface area contributed by atoms with Gasteiger partial charge in [0.1, 0.15) is 35.1 Å². The normalized spacial score (nSPS) is 13.3. The lowest BCUT2D eigenvalue weighted by molar-refractivity contribution is -0.159. The Morgan fingerprint density at radius 2 is 1.30 bits per heavy atom. The van der Waals surface area contributed by atoms with Crippen LogP contribution in [0.25, 0.3) is 0 Å². The van der Waals surface area contributed by atoms with Crippen LogP contribution in [0, 0.1) is 12.3 Å². The number of hydrogen-bond acceptors (Lipinski definition) is 7. The van der Waals surface area contributed by atoms with Crippen molar-refractivity contribution >= 4 is 23.9 Å². The van der Waals surface area contributed by atoms with E-state index in [9.17, 15) is 24.3 Å². The van der Waals surface area contributed by atoms with Gasteiger partial charge in [0, 0.05) is 24.4 Å². The van der Waals surface area contributed by atoms with E-state index in [0.717, 1.165) is 5.56 Å². The number of alkyl carbamates (subject to hydrolysis) is 1. The van der Waals surface area contributed by atoms with Gasteiger partial charge in [0.05, 0.1) is 0 Å². The lowest BCUT2D eigenvalue weighted by atomic mass is 9.97. The van der Waals surface area contributed by atoms with Gasteiger partial charge in [-0.05, 0) is 96.3 Å². The third-order valence-corrected chi connectivity index (χ3v) is 7.39. The Morgan fingerprint density at radius 1 is 0.760 bits per heavy atom. The van der Waals surface area contributed by atoms with Crippen molar-refractivity contribution in [3.05, 3.63) is 101 Å². The second kappa shape index (κ2) is 16.9. The van der Waals surface area contributed by atoms with E-state index in [2.05, 4.69) is 16.6 Å². The molecule has 0 saturated heterocycles. The molecule has 0 radical (unpaired) electrons. The van der Waals surface area contributed by atoms with E-state index in [-0.39, 0.29) is 18.6 Å². The molecule has 10 nitrogen and oxygen atoms in total. The van der Waals surface area contributed by atoms with Gasteiger partial charge in [0.15, 0.2) is 0 Å². The number of hydrogen-bond donors (Lipinski definition) is 3. The second-order valence-electron chi connectivity index (χ2n) is 14.4. The summed E-state index contributed by atoms with van der Waals surface area (Å²) < 4.78 is 11.2. The number of terminal acetylenes is 1. The highest BCUT2D eigenvalue weighted by atomic mass is 16.6. The van der Waals surface area contributed by atoms with Crippen molar-refractivity contribution in [2.45, 2.75) is 104 Å². The number of rotatable bonds is 12. The molecule has 0 bridgehead atoms. The molecular weight excluding hydrogens is 634 g/mol. The van der Waals surface area contributed by atoms with Gasteiger partial charge in [-0.2, -0.15) is 0 Å². The highest BCUT2D eigenvalue weighted by Gasteiger charge is 2.39. The summed E-state index contributed by atoms with van der Waals surface area (Å²) in [6.45, 7) is 13.9. The van der Waals surface area contributed by atoms with E-state index >= 15 is 0 Å². The monoisotopic (exact) mass is 683 g/mol. The summed E-state index contributed by atoms with van der Waals surface area (Å²) in [5, 5.41) is 15.4. The molecule has 3 amide bonds. The van der Waals surface area contributed by atoms with Crippen LogP contribution in [0.3, 0.4) is 0 Å². The van der Waals surface area contributed by atoms with Gasteiger partial charge in [-0.1, -0.05) is 60.5 Å². The second-order valence-corrected chi connectivity index (χ2v) is 14.4. The third-order valence-electron chi connectivity index (χ3n) is 7.39. The molecule has 50 heavy (non-hydrogen) atoms. The summed E-state index contributed by atoms with van der Waals surface area (Å²) in [4.78, 5) is 57.2. The van der Waals surface area contributed by atoms with Gasteiger partial charge in [-0.25, -0.2) is 9.59 Å². The van der Waals surface area contributed by atoms with Gasteiger partial charge in [-0.15, -0.1) is 6.42 Å². The fourth-order valence-electron chi connectivity index (χ4n) is 5.24. The van der Waals surface area contributed by atoms with Crippen molar-refractivity contribution in [1.29, 1.82) is 0 Å². The molecule has 3 atom stereocenters. The average molecular weight is 684 g/mol. The first-order valence-corrected chi connectivity index (χ1v) is 16.6. The first kappa shape index (κ1) is 39.1.